The summed E-state index contributed by atoms with van der Waals surface area (Å²) >= 11 is 9.40. The van der Waals surface area contributed by atoms with Crippen molar-refractivity contribution in [2.24, 2.45) is 0 Å². The molecular weight excluding hydrogens is 316 g/mol. The van der Waals surface area contributed by atoms with Gasteiger partial charge in [-0.1, -0.05) is 24.6 Å². The molecule has 1 heterocycles. The van der Waals surface area contributed by atoms with Gasteiger partial charge in [0.25, 0.3) is 0 Å². The molecule has 1 saturated heterocycles. The fourth-order valence-electron chi connectivity index (χ4n) is 2.30. The van der Waals surface area contributed by atoms with Crippen LogP contribution in [0.3, 0.4) is 0 Å². The van der Waals surface area contributed by atoms with Crippen molar-refractivity contribution in [2.45, 2.75) is 31.7 Å². The Morgan fingerprint density at radius 1 is 1.61 bits per heavy atom. The number of carbonyl (C=O) groups excluding carboxylic acids is 1. The molecule has 3 nitrogen and oxygen atoms in total. The highest BCUT2D eigenvalue weighted by molar-refractivity contribution is 9.10. The van der Waals surface area contributed by atoms with Gasteiger partial charge in [-0.2, -0.15) is 0 Å². The second kappa shape index (κ2) is 5.59. The van der Waals surface area contributed by atoms with Gasteiger partial charge < -0.3 is 10.6 Å². The highest BCUT2D eigenvalue weighted by Crippen LogP contribution is 2.32. The van der Waals surface area contributed by atoms with Gasteiger partial charge in [0.05, 0.1) is 20.7 Å². The number of halogens is 2. The van der Waals surface area contributed by atoms with Crippen molar-refractivity contribution < 1.29 is 4.79 Å². The van der Waals surface area contributed by atoms with Crippen molar-refractivity contribution >= 4 is 39.1 Å². The Hall–Kier alpha value is -0.580. The Kier molecular flexibility index (Phi) is 4.30. The van der Waals surface area contributed by atoms with E-state index in [1.165, 1.54) is 0 Å². The van der Waals surface area contributed by atoms with Crippen molar-refractivity contribution in [1.29, 1.82) is 0 Å². The van der Waals surface area contributed by atoms with Crippen LogP contribution >= 0.6 is 27.5 Å². The fraction of sp³-hybridized carbons (Fsp3) is 0.462. The average molecular weight is 332 g/mol. The molecule has 1 unspecified atom stereocenters. The smallest absolute Gasteiger partial charge is 0.244 e. The first-order chi connectivity index (χ1) is 8.59. The van der Waals surface area contributed by atoms with E-state index < -0.39 is 5.54 Å². The van der Waals surface area contributed by atoms with Crippen LogP contribution in [-0.4, -0.2) is 18.0 Å². The first-order valence-electron chi connectivity index (χ1n) is 6.09. The summed E-state index contributed by atoms with van der Waals surface area (Å²) in [5, 5.41) is 6.86. The largest absolute Gasteiger partial charge is 0.323 e. The number of amides is 1. The highest BCUT2D eigenvalue weighted by Gasteiger charge is 2.39. The van der Waals surface area contributed by atoms with Gasteiger partial charge in [0, 0.05) is 0 Å². The van der Waals surface area contributed by atoms with E-state index >= 15 is 0 Å². The Morgan fingerprint density at radius 2 is 2.39 bits per heavy atom. The maximum atomic E-state index is 12.4. The first kappa shape index (κ1) is 13.8. The molecular formula is C13H16BrClN2O. The number of hydrogen-bond donors (Lipinski definition) is 2. The maximum Gasteiger partial charge on any atom is 0.244 e. The minimum absolute atomic E-state index is 0.0190. The first-order valence-corrected chi connectivity index (χ1v) is 7.26. The molecule has 0 aliphatic carbocycles. The summed E-state index contributed by atoms with van der Waals surface area (Å²) in [6, 6.07) is 5.44. The van der Waals surface area contributed by atoms with Crippen LogP contribution in [0.25, 0.3) is 0 Å². The summed E-state index contributed by atoms with van der Waals surface area (Å²) in [7, 11) is 0. The van der Waals surface area contributed by atoms with Gasteiger partial charge in [-0.05, 0) is 53.9 Å². The zero-order valence-corrected chi connectivity index (χ0v) is 12.6. The van der Waals surface area contributed by atoms with Crippen LogP contribution in [0.1, 0.15) is 26.2 Å². The van der Waals surface area contributed by atoms with E-state index in [2.05, 4.69) is 26.6 Å². The van der Waals surface area contributed by atoms with Gasteiger partial charge in [-0.15, -0.1) is 0 Å². The SMILES string of the molecule is CCC1(C(=O)Nc2cccc(Cl)c2Br)CCCN1. The normalized spacial score (nSPS) is 23.1. The molecule has 0 saturated carbocycles. The molecule has 0 radical (unpaired) electrons. The van der Waals surface area contributed by atoms with Crippen molar-refractivity contribution in [3.63, 3.8) is 0 Å². The van der Waals surface area contributed by atoms with Crippen LogP contribution in [0.5, 0.6) is 0 Å². The zero-order valence-electron chi connectivity index (χ0n) is 10.2. The van der Waals surface area contributed by atoms with Crippen molar-refractivity contribution in [3.8, 4) is 0 Å². The minimum Gasteiger partial charge on any atom is -0.323 e. The second-order valence-corrected chi connectivity index (χ2v) is 5.72. The quantitative estimate of drug-likeness (QED) is 0.889. The zero-order chi connectivity index (χ0) is 13.2. The van der Waals surface area contributed by atoms with E-state index in [0.717, 1.165) is 30.3 Å². The van der Waals surface area contributed by atoms with E-state index in [9.17, 15) is 4.79 Å². The molecule has 1 fully saturated rings. The third-order valence-corrected chi connectivity index (χ3v) is 4.88. The summed E-state index contributed by atoms with van der Waals surface area (Å²) in [5.41, 5.74) is 0.288. The fourth-order valence-corrected chi connectivity index (χ4v) is 2.84. The molecule has 2 N–H and O–H groups in total. The summed E-state index contributed by atoms with van der Waals surface area (Å²) < 4.78 is 0.726. The maximum absolute atomic E-state index is 12.4. The molecule has 1 aliphatic rings. The molecule has 2 rings (SSSR count). The lowest BCUT2D eigenvalue weighted by Crippen LogP contribution is -2.50. The molecule has 1 atom stereocenters. The molecule has 0 bridgehead atoms. The number of anilines is 1. The molecule has 5 heteroatoms. The van der Waals surface area contributed by atoms with E-state index in [-0.39, 0.29) is 5.91 Å². The number of benzene rings is 1. The van der Waals surface area contributed by atoms with E-state index in [1.807, 2.05) is 19.1 Å². The van der Waals surface area contributed by atoms with Crippen LogP contribution in [0, 0.1) is 0 Å². The Morgan fingerprint density at radius 3 is 3.00 bits per heavy atom. The summed E-state index contributed by atoms with van der Waals surface area (Å²) in [6.07, 6.45) is 2.71. The molecule has 1 aromatic rings. The predicted octanol–water partition coefficient (Wildman–Crippen LogP) is 3.57. The average Bonchev–Trinajstić information content (AvgIpc) is 2.85. The van der Waals surface area contributed by atoms with Crippen LogP contribution in [0.15, 0.2) is 22.7 Å². The van der Waals surface area contributed by atoms with E-state index in [0.29, 0.717) is 10.7 Å². The molecule has 1 aromatic carbocycles. The lowest BCUT2D eigenvalue weighted by Gasteiger charge is -2.27. The third kappa shape index (κ3) is 2.56. The molecule has 98 valence electrons. The second-order valence-electron chi connectivity index (χ2n) is 4.52. The molecule has 1 aliphatic heterocycles. The molecule has 0 spiro atoms. The van der Waals surface area contributed by atoms with Gasteiger partial charge in [-0.3, -0.25) is 4.79 Å². The van der Waals surface area contributed by atoms with Crippen LogP contribution in [0.4, 0.5) is 5.69 Å². The number of carbonyl (C=O) groups is 1. The van der Waals surface area contributed by atoms with E-state index in [4.69, 9.17) is 11.6 Å². The lowest BCUT2D eigenvalue weighted by atomic mass is 9.93. The van der Waals surface area contributed by atoms with Crippen LogP contribution < -0.4 is 10.6 Å². The van der Waals surface area contributed by atoms with E-state index in [1.54, 1.807) is 6.07 Å². The van der Waals surface area contributed by atoms with Crippen LogP contribution in [-0.2, 0) is 4.79 Å². The standard InChI is InChI=1S/C13H16BrClN2O/c1-2-13(7-4-8-16-13)12(18)17-10-6-3-5-9(15)11(10)14/h3,5-6,16H,2,4,7-8H2,1H3,(H,17,18). The lowest BCUT2D eigenvalue weighted by molar-refractivity contribution is -0.122. The van der Waals surface area contributed by atoms with Gasteiger partial charge in [0.15, 0.2) is 0 Å². The predicted molar refractivity (Wildman–Crippen MR) is 78.0 cm³/mol. The number of nitrogens with one attached hydrogen (secondary N) is 2. The topological polar surface area (TPSA) is 41.1 Å². The third-order valence-electron chi connectivity index (χ3n) is 3.48. The summed E-state index contributed by atoms with van der Waals surface area (Å²) in [5.74, 6) is 0.0190. The highest BCUT2D eigenvalue weighted by atomic mass is 79.9. The minimum atomic E-state index is -0.429. The Balaban J connectivity index is 2.18. The van der Waals surface area contributed by atoms with Gasteiger partial charge in [0.1, 0.15) is 0 Å². The van der Waals surface area contributed by atoms with Gasteiger partial charge in [-0.25, -0.2) is 0 Å². The molecule has 18 heavy (non-hydrogen) atoms. The molecule has 1 amide bonds. The Bertz CT molecular complexity index is 458. The van der Waals surface area contributed by atoms with Crippen molar-refractivity contribution in [1.82, 2.24) is 5.32 Å². The number of rotatable bonds is 3. The van der Waals surface area contributed by atoms with Gasteiger partial charge >= 0.3 is 0 Å². The summed E-state index contributed by atoms with van der Waals surface area (Å²) in [6.45, 7) is 2.93. The number of hydrogen-bond acceptors (Lipinski definition) is 2. The van der Waals surface area contributed by atoms with Crippen molar-refractivity contribution in [2.75, 3.05) is 11.9 Å². The van der Waals surface area contributed by atoms with Crippen LogP contribution in [0.2, 0.25) is 5.02 Å². The van der Waals surface area contributed by atoms with Gasteiger partial charge in [0.2, 0.25) is 5.91 Å². The molecule has 0 aromatic heterocycles. The Labute approximate surface area is 120 Å². The summed E-state index contributed by atoms with van der Waals surface area (Å²) in [4.78, 5) is 12.4. The monoisotopic (exact) mass is 330 g/mol. The van der Waals surface area contributed by atoms with Crippen molar-refractivity contribution in [3.05, 3.63) is 27.7 Å².